The molecule has 10 heteroatoms. The molecule has 0 radical (unpaired) electrons. The molecule has 6 nitrogen and oxygen atoms in total. The van der Waals surface area contributed by atoms with Crippen molar-refractivity contribution < 1.29 is 35.3 Å². The maximum absolute atomic E-state index is 12.6. The van der Waals surface area contributed by atoms with E-state index in [0.717, 1.165) is 4.90 Å². The van der Waals surface area contributed by atoms with Gasteiger partial charge in [-0.05, 0) is 33.1 Å². The second-order valence-electron chi connectivity index (χ2n) is 6.52. The van der Waals surface area contributed by atoms with E-state index in [1.54, 1.807) is 32.9 Å². The SMILES string of the molecule is CC(C)(C)OC(=O)N1CC2CC=CC2C1OS(=O)(=O)C(F)(F)F. The van der Waals surface area contributed by atoms with Gasteiger partial charge < -0.3 is 4.74 Å². The van der Waals surface area contributed by atoms with Gasteiger partial charge in [-0.1, -0.05) is 12.2 Å². The smallest absolute Gasteiger partial charge is 0.444 e. The van der Waals surface area contributed by atoms with Gasteiger partial charge in [-0.15, -0.1) is 0 Å². The van der Waals surface area contributed by atoms with E-state index in [9.17, 15) is 26.4 Å². The van der Waals surface area contributed by atoms with Crippen molar-refractivity contribution in [3.05, 3.63) is 12.2 Å². The van der Waals surface area contributed by atoms with E-state index >= 15 is 0 Å². The van der Waals surface area contributed by atoms with Crippen molar-refractivity contribution in [3.63, 3.8) is 0 Å². The molecule has 0 N–H and O–H groups in total. The Bertz CT molecular complexity index is 608. The van der Waals surface area contributed by atoms with E-state index in [1.807, 2.05) is 0 Å². The van der Waals surface area contributed by atoms with Crippen LogP contribution in [-0.2, 0) is 19.0 Å². The van der Waals surface area contributed by atoms with Crippen molar-refractivity contribution in [2.75, 3.05) is 6.54 Å². The number of hydrogen-bond donors (Lipinski definition) is 0. The minimum atomic E-state index is -5.81. The summed E-state index contributed by atoms with van der Waals surface area (Å²) in [7, 11) is -5.81. The molecule has 0 spiro atoms. The molecular formula is C13H18F3NO5S. The number of hydrogen-bond acceptors (Lipinski definition) is 5. The lowest BCUT2D eigenvalue weighted by Gasteiger charge is -2.29. The quantitative estimate of drug-likeness (QED) is 0.432. The number of fused-ring (bicyclic) bond motifs is 1. The maximum atomic E-state index is 12.6. The normalized spacial score (nSPS) is 28.1. The Morgan fingerprint density at radius 1 is 1.26 bits per heavy atom. The maximum Gasteiger partial charge on any atom is 0.523 e. The van der Waals surface area contributed by atoms with Crippen molar-refractivity contribution in [2.45, 2.75) is 44.5 Å². The largest absolute Gasteiger partial charge is 0.523 e. The van der Waals surface area contributed by atoms with Crippen LogP contribution in [0.25, 0.3) is 0 Å². The first kappa shape index (κ1) is 18.1. The third-order valence-corrected chi connectivity index (χ3v) is 4.56. The van der Waals surface area contributed by atoms with Gasteiger partial charge in [-0.2, -0.15) is 21.6 Å². The lowest BCUT2D eigenvalue weighted by atomic mass is 9.99. The van der Waals surface area contributed by atoms with Crippen molar-refractivity contribution in [3.8, 4) is 0 Å². The highest BCUT2D eigenvalue weighted by Gasteiger charge is 2.54. The fourth-order valence-corrected chi connectivity index (χ4v) is 3.21. The van der Waals surface area contributed by atoms with Crippen LogP contribution < -0.4 is 0 Å². The lowest BCUT2D eigenvalue weighted by Crippen LogP contribution is -2.45. The van der Waals surface area contributed by atoms with Crippen molar-refractivity contribution in [1.29, 1.82) is 0 Å². The van der Waals surface area contributed by atoms with Gasteiger partial charge in [-0.25, -0.2) is 8.98 Å². The van der Waals surface area contributed by atoms with E-state index < -0.39 is 39.5 Å². The second-order valence-corrected chi connectivity index (χ2v) is 8.08. The highest BCUT2D eigenvalue weighted by atomic mass is 32.2. The number of alkyl halides is 3. The summed E-state index contributed by atoms with van der Waals surface area (Å²) in [5, 5.41) is 0. The molecule has 23 heavy (non-hydrogen) atoms. The number of nitrogens with zero attached hydrogens (tertiary/aromatic N) is 1. The van der Waals surface area contributed by atoms with Crippen LogP contribution in [0.2, 0.25) is 0 Å². The Morgan fingerprint density at radius 3 is 2.39 bits per heavy atom. The van der Waals surface area contributed by atoms with Gasteiger partial charge in [-0.3, -0.25) is 4.90 Å². The van der Waals surface area contributed by atoms with Crippen LogP contribution in [0.3, 0.4) is 0 Å². The third-order valence-electron chi connectivity index (χ3n) is 3.55. The Morgan fingerprint density at radius 2 is 1.87 bits per heavy atom. The summed E-state index contributed by atoms with van der Waals surface area (Å²) < 4.78 is 69.8. The summed E-state index contributed by atoms with van der Waals surface area (Å²) in [4.78, 5) is 13.1. The summed E-state index contributed by atoms with van der Waals surface area (Å²) >= 11 is 0. The molecular weight excluding hydrogens is 339 g/mol. The van der Waals surface area contributed by atoms with Crippen LogP contribution in [0.15, 0.2) is 12.2 Å². The number of carbonyl (C=O) groups is 1. The molecule has 1 aliphatic heterocycles. The highest BCUT2D eigenvalue weighted by molar-refractivity contribution is 7.87. The average Bonchev–Trinajstić information content (AvgIpc) is 2.87. The predicted octanol–water partition coefficient (Wildman–Crippen LogP) is 2.62. The molecule has 0 aromatic heterocycles. The number of amides is 1. The fourth-order valence-electron chi connectivity index (χ4n) is 2.61. The molecule has 0 saturated carbocycles. The first-order chi connectivity index (χ1) is 10.3. The van der Waals surface area contributed by atoms with Crippen LogP contribution in [0, 0.1) is 11.8 Å². The van der Waals surface area contributed by atoms with Crippen LogP contribution in [0.1, 0.15) is 27.2 Å². The molecule has 1 heterocycles. The molecule has 3 atom stereocenters. The zero-order valence-electron chi connectivity index (χ0n) is 12.8. The molecule has 1 fully saturated rings. The summed E-state index contributed by atoms with van der Waals surface area (Å²) in [6.45, 7) is 4.88. The Balaban J connectivity index is 2.25. The van der Waals surface area contributed by atoms with E-state index in [-0.39, 0.29) is 12.5 Å². The summed E-state index contributed by atoms with van der Waals surface area (Å²) in [5.74, 6) is -0.796. The highest BCUT2D eigenvalue weighted by Crippen LogP contribution is 2.41. The number of carbonyl (C=O) groups excluding carboxylic acids is 1. The number of rotatable bonds is 2. The Labute approximate surface area is 132 Å². The molecule has 0 aromatic rings. The van der Waals surface area contributed by atoms with Crippen LogP contribution in [-0.4, -0.2) is 43.3 Å². The number of halogens is 3. The topological polar surface area (TPSA) is 72.9 Å². The molecule has 0 bridgehead atoms. The minimum Gasteiger partial charge on any atom is -0.444 e. The van der Waals surface area contributed by atoms with E-state index in [1.165, 1.54) is 0 Å². The Hall–Kier alpha value is -1.29. The monoisotopic (exact) mass is 357 g/mol. The van der Waals surface area contributed by atoms with Gasteiger partial charge in [0.2, 0.25) is 0 Å². The van der Waals surface area contributed by atoms with E-state index in [2.05, 4.69) is 4.18 Å². The Kier molecular flexibility index (Phi) is 4.44. The molecule has 1 saturated heterocycles. The van der Waals surface area contributed by atoms with Crippen LogP contribution >= 0.6 is 0 Å². The fraction of sp³-hybridized carbons (Fsp3) is 0.769. The van der Waals surface area contributed by atoms with Crippen molar-refractivity contribution in [2.24, 2.45) is 11.8 Å². The molecule has 0 aromatic carbocycles. The average molecular weight is 357 g/mol. The summed E-state index contributed by atoms with van der Waals surface area (Å²) in [5.41, 5.74) is -6.41. The summed E-state index contributed by atoms with van der Waals surface area (Å²) in [6.07, 6.45) is 1.39. The van der Waals surface area contributed by atoms with Gasteiger partial charge in [0.1, 0.15) is 5.60 Å². The first-order valence-corrected chi connectivity index (χ1v) is 8.38. The van der Waals surface area contributed by atoms with Gasteiger partial charge in [0.25, 0.3) is 0 Å². The molecule has 1 aliphatic carbocycles. The molecule has 1 amide bonds. The molecule has 132 valence electrons. The standard InChI is InChI=1S/C13H18F3NO5S/c1-12(2,3)21-11(18)17-7-8-5-4-6-9(8)10(17)22-23(19,20)13(14,15)16/h4,6,8-10H,5,7H2,1-3H3. The van der Waals surface area contributed by atoms with Gasteiger partial charge >= 0.3 is 21.7 Å². The van der Waals surface area contributed by atoms with Crippen LogP contribution in [0.5, 0.6) is 0 Å². The number of likely N-dealkylation sites (tertiary alicyclic amines) is 1. The lowest BCUT2D eigenvalue weighted by molar-refractivity contribution is -0.0676. The third kappa shape index (κ3) is 3.79. The second kappa shape index (κ2) is 5.66. The van der Waals surface area contributed by atoms with Gasteiger partial charge in [0.15, 0.2) is 6.23 Å². The van der Waals surface area contributed by atoms with Crippen molar-refractivity contribution in [1.82, 2.24) is 4.90 Å². The van der Waals surface area contributed by atoms with Crippen LogP contribution in [0.4, 0.5) is 18.0 Å². The number of allylic oxidation sites excluding steroid dienone is 1. The molecule has 2 aliphatic rings. The van der Waals surface area contributed by atoms with Gasteiger partial charge in [0.05, 0.1) is 0 Å². The van der Waals surface area contributed by atoms with E-state index in [0.29, 0.717) is 6.42 Å². The molecule has 3 unspecified atom stereocenters. The molecule has 2 rings (SSSR count). The minimum absolute atomic E-state index is 0.0740. The zero-order chi connectivity index (χ0) is 17.6. The van der Waals surface area contributed by atoms with E-state index in [4.69, 9.17) is 4.74 Å². The predicted molar refractivity (Wildman–Crippen MR) is 73.5 cm³/mol. The van der Waals surface area contributed by atoms with Crippen molar-refractivity contribution >= 4 is 16.2 Å². The van der Waals surface area contributed by atoms with Gasteiger partial charge in [0, 0.05) is 12.5 Å². The first-order valence-electron chi connectivity index (χ1n) is 6.98. The number of ether oxygens (including phenoxy) is 1. The summed E-state index contributed by atoms with van der Waals surface area (Å²) in [6, 6.07) is 0. The zero-order valence-corrected chi connectivity index (χ0v) is 13.6.